The second-order valence-corrected chi connectivity index (χ2v) is 6.31. The molecule has 110 valence electrons. The van der Waals surface area contributed by atoms with Gasteiger partial charge in [0.1, 0.15) is 5.54 Å². The zero-order chi connectivity index (χ0) is 15.7. The largest absolute Gasteiger partial charge is 0.478 e. The van der Waals surface area contributed by atoms with Gasteiger partial charge in [0.25, 0.3) is 0 Å². The molecule has 1 amide bonds. The first-order chi connectivity index (χ1) is 8.97. The summed E-state index contributed by atoms with van der Waals surface area (Å²) in [5.41, 5.74) is 8.57. The lowest BCUT2D eigenvalue weighted by Gasteiger charge is -2.22. The Morgan fingerprint density at radius 3 is 2.30 bits per heavy atom. The molecule has 1 aromatic rings. The first-order valence-electron chi connectivity index (χ1n) is 5.44. The van der Waals surface area contributed by atoms with Crippen LogP contribution in [0.3, 0.4) is 0 Å². The first kappa shape index (κ1) is 15.9. The number of rotatable bonds is 5. The van der Waals surface area contributed by atoms with Crippen molar-refractivity contribution >= 4 is 27.6 Å². The van der Waals surface area contributed by atoms with Crippen LogP contribution in [0.4, 0.5) is 5.69 Å². The van der Waals surface area contributed by atoms with Crippen LogP contribution in [-0.2, 0) is 14.8 Å². The van der Waals surface area contributed by atoms with Gasteiger partial charge in [-0.1, -0.05) is 0 Å². The molecule has 0 spiro atoms. The lowest BCUT2D eigenvalue weighted by atomic mass is 10.1. The normalized spacial score (nSPS) is 12.1. The van der Waals surface area contributed by atoms with Crippen molar-refractivity contribution in [2.45, 2.75) is 24.3 Å². The molecule has 20 heavy (non-hydrogen) atoms. The summed E-state index contributed by atoms with van der Waals surface area (Å²) in [5, 5.41) is 9.02. The van der Waals surface area contributed by atoms with Crippen LogP contribution in [0, 0.1) is 0 Å². The fourth-order valence-electron chi connectivity index (χ4n) is 1.39. The summed E-state index contributed by atoms with van der Waals surface area (Å²) < 4.78 is 26.4. The van der Waals surface area contributed by atoms with Gasteiger partial charge < -0.3 is 16.6 Å². The van der Waals surface area contributed by atoms with Crippen LogP contribution in [0.1, 0.15) is 24.2 Å². The van der Waals surface area contributed by atoms with Crippen LogP contribution in [0.15, 0.2) is 23.1 Å². The molecule has 1 rings (SSSR count). The standard InChI is InChI=1S/C11H15N3O5S/c1-11(2,10(13)17)14-20(18,19)8-4-3-6(12)5-7(8)9(15)16/h3-5,14H,12H2,1-2H3,(H2,13,17)(H,15,16). The molecule has 0 saturated carbocycles. The number of carboxylic acids is 1. The molecule has 8 nitrogen and oxygen atoms in total. The van der Waals surface area contributed by atoms with Gasteiger partial charge in [0.05, 0.1) is 10.5 Å². The van der Waals surface area contributed by atoms with Crippen LogP contribution < -0.4 is 16.2 Å². The number of nitrogens with one attached hydrogen (secondary N) is 1. The SMILES string of the molecule is CC(C)(NS(=O)(=O)c1ccc(N)cc1C(=O)O)C(N)=O. The van der Waals surface area contributed by atoms with E-state index in [0.717, 1.165) is 12.1 Å². The molecule has 0 aliphatic rings. The van der Waals surface area contributed by atoms with Gasteiger partial charge in [0.15, 0.2) is 0 Å². The van der Waals surface area contributed by atoms with E-state index in [-0.39, 0.29) is 5.69 Å². The molecular formula is C11H15N3O5S. The van der Waals surface area contributed by atoms with Crippen molar-refractivity contribution in [3.05, 3.63) is 23.8 Å². The van der Waals surface area contributed by atoms with Gasteiger partial charge in [-0.3, -0.25) is 4.79 Å². The van der Waals surface area contributed by atoms with Crippen LogP contribution in [0.5, 0.6) is 0 Å². The van der Waals surface area contributed by atoms with E-state index in [1.54, 1.807) is 0 Å². The van der Waals surface area contributed by atoms with Crippen molar-refractivity contribution in [1.29, 1.82) is 0 Å². The van der Waals surface area contributed by atoms with Crippen molar-refractivity contribution in [3.63, 3.8) is 0 Å². The Kier molecular flexibility index (Phi) is 4.06. The van der Waals surface area contributed by atoms with E-state index in [1.165, 1.54) is 19.9 Å². The average Bonchev–Trinajstić information content (AvgIpc) is 2.26. The summed E-state index contributed by atoms with van der Waals surface area (Å²) in [6.07, 6.45) is 0. The predicted molar refractivity (Wildman–Crippen MR) is 71.4 cm³/mol. The van der Waals surface area contributed by atoms with Crippen molar-refractivity contribution in [2.75, 3.05) is 5.73 Å². The summed E-state index contributed by atoms with van der Waals surface area (Å²) in [6, 6.07) is 3.32. The zero-order valence-electron chi connectivity index (χ0n) is 10.9. The number of nitrogens with two attached hydrogens (primary N) is 2. The zero-order valence-corrected chi connectivity index (χ0v) is 11.7. The maximum absolute atomic E-state index is 12.2. The number of hydrogen-bond acceptors (Lipinski definition) is 5. The molecule has 0 aromatic heterocycles. The number of carboxylic acid groups (broad SMARTS) is 1. The molecule has 0 atom stereocenters. The van der Waals surface area contributed by atoms with E-state index in [4.69, 9.17) is 16.6 Å². The first-order valence-corrected chi connectivity index (χ1v) is 6.92. The lowest BCUT2D eigenvalue weighted by molar-refractivity contribution is -0.122. The number of primary amides is 1. The summed E-state index contributed by atoms with van der Waals surface area (Å²) in [7, 11) is -4.24. The minimum absolute atomic E-state index is 0.107. The highest BCUT2D eigenvalue weighted by molar-refractivity contribution is 7.89. The monoisotopic (exact) mass is 301 g/mol. The number of amides is 1. The third-order valence-electron chi connectivity index (χ3n) is 2.53. The molecule has 1 aromatic carbocycles. The fraction of sp³-hybridized carbons (Fsp3) is 0.273. The fourth-order valence-corrected chi connectivity index (χ4v) is 2.96. The summed E-state index contributed by atoms with van der Waals surface area (Å²) >= 11 is 0. The number of nitrogen functional groups attached to an aromatic ring is 1. The van der Waals surface area contributed by atoms with Crippen molar-refractivity contribution in [2.24, 2.45) is 5.73 Å². The molecule has 9 heteroatoms. The summed E-state index contributed by atoms with van der Waals surface area (Å²) in [5.74, 6) is -2.34. The van der Waals surface area contributed by atoms with Crippen LogP contribution >= 0.6 is 0 Å². The maximum Gasteiger partial charge on any atom is 0.337 e. The quantitative estimate of drug-likeness (QED) is 0.538. The molecule has 0 radical (unpaired) electrons. The van der Waals surface area contributed by atoms with Crippen LogP contribution in [0.2, 0.25) is 0 Å². The summed E-state index contributed by atoms with van der Waals surface area (Å²) in [4.78, 5) is 21.8. The topological polar surface area (TPSA) is 153 Å². The van der Waals surface area contributed by atoms with Crippen LogP contribution in [-0.4, -0.2) is 30.9 Å². The highest BCUT2D eigenvalue weighted by Crippen LogP contribution is 2.20. The van der Waals surface area contributed by atoms with E-state index >= 15 is 0 Å². The Hall–Kier alpha value is -2.13. The Morgan fingerprint density at radius 2 is 1.85 bits per heavy atom. The van der Waals surface area contributed by atoms with Gasteiger partial charge in [-0.2, -0.15) is 4.72 Å². The highest BCUT2D eigenvalue weighted by atomic mass is 32.2. The molecule has 0 bridgehead atoms. The molecule has 0 aliphatic carbocycles. The van der Waals surface area contributed by atoms with E-state index in [2.05, 4.69) is 4.72 Å². The van der Waals surface area contributed by atoms with Gasteiger partial charge >= 0.3 is 5.97 Å². The number of carbonyl (C=O) groups excluding carboxylic acids is 1. The third-order valence-corrected chi connectivity index (χ3v) is 4.24. The van der Waals surface area contributed by atoms with E-state index in [9.17, 15) is 18.0 Å². The minimum Gasteiger partial charge on any atom is -0.478 e. The van der Waals surface area contributed by atoms with E-state index in [1.807, 2.05) is 0 Å². The smallest absolute Gasteiger partial charge is 0.337 e. The van der Waals surface area contributed by atoms with Gasteiger partial charge in [0.2, 0.25) is 15.9 Å². The van der Waals surface area contributed by atoms with Crippen molar-refractivity contribution in [1.82, 2.24) is 4.72 Å². The van der Waals surface area contributed by atoms with Gasteiger partial charge in [-0.25, -0.2) is 13.2 Å². The number of aromatic carboxylic acids is 1. The predicted octanol–water partition coefficient (Wildman–Crippen LogP) is -0.491. The van der Waals surface area contributed by atoms with Crippen molar-refractivity contribution in [3.8, 4) is 0 Å². The number of carbonyl (C=O) groups is 2. The van der Waals surface area contributed by atoms with Crippen molar-refractivity contribution < 1.29 is 23.1 Å². The number of sulfonamides is 1. The second kappa shape index (κ2) is 5.10. The molecule has 6 N–H and O–H groups in total. The Morgan fingerprint density at radius 1 is 1.30 bits per heavy atom. The third kappa shape index (κ3) is 3.25. The average molecular weight is 301 g/mol. The second-order valence-electron chi connectivity index (χ2n) is 4.66. The van der Waals surface area contributed by atoms with Gasteiger partial charge in [-0.15, -0.1) is 0 Å². The molecule has 0 saturated heterocycles. The van der Waals surface area contributed by atoms with E-state index < -0.39 is 37.9 Å². The maximum atomic E-state index is 12.2. The minimum atomic E-state index is -4.24. The molecule has 0 heterocycles. The van der Waals surface area contributed by atoms with Gasteiger partial charge in [0, 0.05) is 5.69 Å². The number of anilines is 1. The van der Waals surface area contributed by atoms with Gasteiger partial charge in [-0.05, 0) is 32.0 Å². The molecule has 0 aliphatic heterocycles. The summed E-state index contributed by atoms with van der Waals surface area (Å²) in [6.45, 7) is 2.54. The number of hydrogen-bond donors (Lipinski definition) is 4. The van der Waals surface area contributed by atoms with Crippen LogP contribution in [0.25, 0.3) is 0 Å². The number of benzene rings is 1. The van der Waals surface area contributed by atoms with E-state index in [0.29, 0.717) is 0 Å². The Labute approximate surface area is 115 Å². The Bertz CT molecular complexity index is 667. The Balaban J connectivity index is 3.37. The lowest BCUT2D eigenvalue weighted by Crippen LogP contribution is -2.53. The molecule has 0 fully saturated rings. The molecular weight excluding hydrogens is 286 g/mol. The molecule has 0 unspecified atom stereocenters. The highest BCUT2D eigenvalue weighted by Gasteiger charge is 2.33.